The molecule has 0 aliphatic carbocycles. The number of methoxy groups -OCH3 is 1. The minimum atomic E-state index is -3.67. The molecule has 1 atom stereocenters. The Bertz CT molecular complexity index is 1160. The van der Waals surface area contributed by atoms with Crippen LogP contribution < -0.4 is 19.1 Å². The van der Waals surface area contributed by atoms with Crippen molar-refractivity contribution in [3.05, 3.63) is 84.4 Å². The SMILES string of the molecule is CCN(c1ccc(OCC(=O)N[C@H](C)c2ccccc2OC)cc1)S(=O)(=O)c1ccccc1. The Hall–Kier alpha value is -3.52. The zero-order chi connectivity index (χ0) is 23.8. The van der Waals surface area contributed by atoms with Gasteiger partial charge in [0.1, 0.15) is 11.5 Å². The molecule has 0 spiro atoms. The number of para-hydroxylation sites is 1. The Morgan fingerprint density at radius 1 is 0.970 bits per heavy atom. The first-order valence-corrected chi connectivity index (χ1v) is 12.0. The number of nitrogens with one attached hydrogen (secondary N) is 1. The van der Waals surface area contributed by atoms with Crippen LogP contribution in [0.3, 0.4) is 0 Å². The molecular formula is C25H28N2O5S. The lowest BCUT2D eigenvalue weighted by atomic mass is 10.1. The Morgan fingerprint density at radius 2 is 1.61 bits per heavy atom. The van der Waals surface area contributed by atoms with Crippen molar-refractivity contribution in [3.8, 4) is 11.5 Å². The lowest BCUT2D eigenvalue weighted by molar-refractivity contribution is -0.123. The van der Waals surface area contributed by atoms with Crippen molar-refractivity contribution in [1.82, 2.24) is 5.32 Å². The monoisotopic (exact) mass is 468 g/mol. The number of hydrogen-bond donors (Lipinski definition) is 1. The summed E-state index contributed by atoms with van der Waals surface area (Å²) < 4.78 is 38.2. The first kappa shape index (κ1) is 24.1. The molecule has 0 aliphatic heterocycles. The molecular weight excluding hydrogens is 440 g/mol. The fourth-order valence-corrected chi connectivity index (χ4v) is 4.95. The number of ether oxygens (including phenoxy) is 2. The van der Waals surface area contributed by atoms with Gasteiger partial charge in [-0.2, -0.15) is 0 Å². The van der Waals surface area contributed by atoms with Gasteiger partial charge in [0.25, 0.3) is 15.9 Å². The molecule has 0 fully saturated rings. The van der Waals surface area contributed by atoms with Gasteiger partial charge >= 0.3 is 0 Å². The summed E-state index contributed by atoms with van der Waals surface area (Å²) in [6, 6.07) is 22.2. The predicted octanol–water partition coefficient (Wildman–Crippen LogP) is 4.17. The first-order chi connectivity index (χ1) is 15.9. The second kappa shape index (κ2) is 10.9. The number of hydrogen-bond acceptors (Lipinski definition) is 5. The predicted molar refractivity (Wildman–Crippen MR) is 128 cm³/mol. The normalized spacial score (nSPS) is 12.0. The number of anilines is 1. The molecule has 3 aromatic rings. The smallest absolute Gasteiger partial charge is 0.264 e. The van der Waals surface area contributed by atoms with Crippen molar-refractivity contribution in [3.63, 3.8) is 0 Å². The molecule has 0 saturated heterocycles. The summed E-state index contributed by atoms with van der Waals surface area (Å²) in [5, 5.41) is 2.89. The summed E-state index contributed by atoms with van der Waals surface area (Å²) in [5.74, 6) is 0.888. The van der Waals surface area contributed by atoms with E-state index in [1.54, 1.807) is 68.6 Å². The Morgan fingerprint density at radius 3 is 2.24 bits per heavy atom. The van der Waals surface area contributed by atoms with Gasteiger partial charge in [-0.05, 0) is 56.3 Å². The fraction of sp³-hybridized carbons (Fsp3) is 0.240. The Kier molecular flexibility index (Phi) is 7.95. The number of benzene rings is 3. The number of nitrogens with zero attached hydrogens (tertiary/aromatic N) is 1. The van der Waals surface area contributed by atoms with Gasteiger partial charge in [0.15, 0.2) is 6.61 Å². The van der Waals surface area contributed by atoms with E-state index >= 15 is 0 Å². The number of rotatable bonds is 10. The summed E-state index contributed by atoms with van der Waals surface area (Å²) in [6.07, 6.45) is 0. The highest BCUT2D eigenvalue weighted by molar-refractivity contribution is 7.92. The molecule has 174 valence electrons. The molecule has 0 unspecified atom stereocenters. The van der Waals surface area contributed by atoms with Crippen molar-refractivity contribution in [2.45, 2.75) is 24.8 Å². The van der Waals surface area contributed by atoms with Gasteiger partial charge in [-0.1, -0.05) is 36.4 Å². The highest BCUT2D eigenvalue weighted by Gasteiger charge is 2.23. The molecule has 0 aromatic heterocycles. The second-order valence-corrected chi connectivity index (χ2v) is 9.16. The maximum atomic E-state index is 13.0. The van der Waals surface area contributed by atoms with Crippen LogP contribution in [0.5, 0.6) is 11.5 Å². The lowest BCUT2D eigenvalue weighted by Gasteiger charge is -2.23. The molecule has 1 amide bonds. The summed E-state index contributed by atoms with van der Waals surface area (Å²) in [7, 11) is -2.08. The van der Waals surface area contributed by atoms with E-state index in [9.17, 15) is 13.2 Å². The minimum absolute atomic E-state index is 0.168. The summed E-state index contributed by atoms with van der Waals surface area (Å²) >= 11 is 0. The standard InChI is InChI=1S/C25H28N2O5S/c1-4-27(33(29,30)22-10-6-5-7-11-22)20-14-16-21(17-15-20)32-18-25(28)26-19(2)23-12-8-9-13-24(23)31-3/h5-17,19H,4,18H2,1-3H3,(H,26,28)/t19-/m1/s1. The van der Waals surface area contributed by atoms with Gasteiger partial charge < -0.3 is 14.8 Å². The molecule has 0 bridgehead atoms. The van der Waals surface area contributed by atoms with E-state index in [1.165, 1.54) is 4.31 Å². The van der Waals surface area contributed by atoms with Gasteiger partial charge in [-0.25, -0.2) is 8.42 Å². The molecule has 0 radical (unpaired) electrons. The first-order valence-electron chi connectivity index (χ1n) is 10.6. The van der Waals surface area contributed by atoms with E-state index in [0.717, 1.165) is 5.56 Å². The zero-order valence-electron chi connectivity index (χ0n) is 18.9. The minimum Gasteiger partial charge on any atom is -0.496 e. The Balaban J connectivity index is 1.61. The molecule has 0 saturated carbocycles. The number of carbonyl (C=O) groups excluding carboxylic acids is 1. The van der Waals surface area contributed by atoms with Crippen LogP contribution in [-0.2, 0) is 14.8 Å². The van der Waals surface area contributed by atoms with Crippen LogP contribution in [0.4, 0.5) is 5.69 Å². The molecule has 0 heterocycles. The topological polar surface area (TPSA) is 84.9 Å². The van der Waals surface area contributed by atoms with Crippen LogP contribution in [-0.4, -0.2) is 34.6 Å². The molecule has 7 nitrogen and oxygen atoms in total. The van der Waals surface area contributed by atoms with Crippen LogP contribution in [0, 0.1) is 0 Å². The van der Waals surface area contributed by atoms with Gasteiger partial charge in [-0.15, -0.1) is 0 Å². The van der Waals surface area contributed by atoms with E-state index < -0.39 is 10.0 Å². The second-order valence-electron chi connectivity index (χ2n) is 7.30. The van der Waals surface area contributed by atoms with E-state index in [-0.39, 0.29) is 30.0 Å². The largest absolute Gasteiger partial charge is 0.496 e. The molecule has 1 N–H and O–H groups in total. The zero-order valence-corrected chi connectivity index (χ0v) is 19.7. The highest BCUT2D eigenvalue weighted by Crippen LogP contribution is 2.26. The van der Waals surface area contributed by atoms with E-state index in [1.807, 2.05) is 31.2 Å². The maximum Gasteiger partial charge on any atom is 0.264 e. The van der Waals surface area contributed by atoms with Crippen molar-refractivity contribution in [1.29, 1.82) is 0 Å². The van der Waals surface area contributed by atoms with Gasteiger partial charge in [-0.3, -0.25) is 9.10 Å². The average molecular weight is 469 g/mol. The van der Waals surface area contributed by atoms with Crippen molar-refractivity contribution >= 4 is 21.6 Å². The lowest BCUT2D eigenvalue weighted by Crippen LogP contribution is -2.31. The summed E-state index contributed by atoms with van der Waals surface area (Å²) in [4.78, 5) is 12.6. The molecule has 3 rings (SSSR count). The van der Waals surface area contributed by atoms with Crippen LogP contribution in [0.15, 0.2) is 83.8 Å². The molecule has 3 aromatic carbocycles. The van der Waals surface area contributed by atoms with Crippen molar-refractivity contribution < 1.29 is 22.7 Å². The quantitative estimate of drug-likeness (QED) is 0.483. The summed E-state index contributed by atoms with van der Waals surface area (Å²) in [6.45, 7) is 3.76. The average Bonchev–Trinajstić information content (AvgIpc) is 2.84. The van der Waals surface area contributed by atoms with E-state index in [0.29, 0.717) is 17.2 Å². The van der Waals surface area contributed by atoms with Crippen LogP contribution in [0.1, 0.15) is 25.5 Å². The third kappa shape index (κ3) is 5.84. The third-order valence-corrected chi connectivity index (χ3v) is 7.01. The van der Waals surface area contributed by atoms with Crippen LogP contribution in [0.25, 0.3) is 0 Å². The number of carbonyl (C=O) groups is 1. The number of sulfonamides is 1. The van der Waals surface area contributed by atoms with Gasteiger partial charge in [0.2, 0.25) is 0 Å². The van der Waals surface area contributed by atoms with Crippen molar-refractivity contribution in [2.75, 3.05) is 24.6 Å². The molecule has 33 heavy (non-hydrogen) atoms. The fourth-order valence-electron chi connectivity index (χ4n) is 3.45. The van der Waals surface area contributed by atoms with Gasteiger partial charge in [0.05, 0.1) is 23.7 Å². The van der Waals surface area contributed by atoms with Crippen LogP contribution in [0.2, 0.25) is 0 Å². The Labute approximate surface area is 195 Å². The highest BCUT2D eigenvalue weighted by atomic mass is 32.2. The van der Waals surface area contributed by atoms with Gasteiger partial charge in [0, 0.05) is 12.1 Å². The van der Waals surface area contributed by atoms with E-state index in [4.69, 9.17) is 9.47 Å². The third-order valence-electron chi connectivity index (χ3n) is 5.10. The number of amides is 1. The molecule has 0 aliphatic rings. The summed E-state index contributed by atoms with van der Waals surface area (Å²) in [5.41, 5.74) is 1.39. The van der Waals surface area contributed by atoms with Crippen LogP contribution >= 0.6 is 0 Å². The van der Waals surface area contributed by atoms with Crippen molar-refractivity contribution in [2.24, 2.45) is 0 Å². The van der Waals surface area contributed by atoms with E-state index in [2.05, 4.69) is 5.32 Å². The molecule has 8 heteroatoms. The maximum absolute atomic E-state index is 13.0.